The molecule has 6 nitrogen and oxygen atoms in total. The molecule has 1 aromatic heterocycles. The molecule has 0 saturated heterocycles. The molecule has 3 aromatic rings. The van der Waals surface area contributed by atoms with Crippen molar-refractivity contribution in [3.63, 3.8) is 0 Å². The molecule has 0 aliphatic rings. The molecule has 1 amide bonds. The highest BCUT2D eigenvalue weighted by molar-refractivity contribution is 5.94. The molecule has 0 aliphatic heterocycles. The van der Waals surface area contributed by atoms with Gasteiger partial charge in [-0.3, -0.25) is 9.78 Å². The lowest BCUT2D eigenvalue weighted by Gasteiger charge is -2.23. The number of nitriles is 1. The van der Waals surface area contributed by atoms with E-state index in [9.17, 15) is 4.79 Å². The number of amides is 1. The lowest BCUT2D eigenvalue weighted by molar-refractivity contribution is 0.0745. The Morgan fingerprint density at radius 2 is 1.67 bits per heavy atom. The minimum absolute atomic E-state index is 0.0863. The standard InChI is InChI=1S/C24H23N3O3/c1-29-22-8-5-18(15-23(22)30-2)11-14-27(17-20-9-12-26-13-10-20)24(28)21-6-3-19(16-25)4-7-21/h3-10,12-13,15H,11,14,17H2,1-2H3. The Labute approximate surface area is 176 Å². The molecular weight excluding hydrogens is 378 g/mol. The molecule has 30 heavy (non-hydrogen) atoms. The molecule has 0 saturated carbocycles. The van der Waals surface area contributed by atoms with Crippen molar-refractivity contribution >= 4 is 5.91 Å². The van der Waals surface area contributed by atoms with Crippen molar-refractivity contribution in [3.05, 3.63) is 89.2 Å². The molecule has 0 bridgehead atoms. The maximum Gasteiger partial charge on any atom is 0.254 e. The molecule has 0 atom stereocenters. The zero-order valence-electron chi connectivity index (χ0n) is 17.0. The van der Waals surface area contributed by atoms with Crippen molar-refractivity contribution in [2.75, 3.05) is 20.8 Å². The van der Waals surface area contributed by atoms with Crippen LogP contribution in [0.2, 0.25) is 0 Å². The van der Waals surface area contributed by atoms with E-state index in [2.05, 4.69) is 11.1 Å². The number of rotatable bonds is 8. The predicted octanol–water partition coefficient (Wildman–Crippen LogP) is 3.86. The van der Waals surface area contributed by atoms with Gasteiger partial charge in [0.15, 0.2) is 11.5 Å². The lowest BCUT2D eigenvalue weighted by atomic mass is 10.1. The van der Waals surface area contributed by atoms with Crippen molar-refractivity contribution in [3.8, 4) is 17.6 Å². The zero-order chi connectivity index (χ0) is 21.3. The van der Waals surface area contributed by atoms with Gasteiger partial charge >= 0.3 is 0 Å². The van der Waals surface area contributed by atoms with Crippen LogP contribution in [0.3, 0.4) is 0 Å². The number of carbonyl (C=O) groups excluding carboxylic acids is 1. The average molecular weight is 401 g/mol. The summed E-state index contributed by atoms with van der Waals surface area (Å²) in [4.78, 5) is 19.0. The van der Waals surface area contributed by atoms with Gasteiger partial charge in [-0.15, -0.1) is 0 Å². The molecule has 0 unspecified atom stereocenters. The number of pyridine rings is 1. The Bertz CT molecular complexity index is 1030. The topological polar surface area (TPSA) is 75.5 Å². The zero-order valence-corrected chi connectivity index (χ0v) is 17.0. The van der Waals surface area contributed by atoms with Crippen molar-refractivity contribution in [2.24, 2.45) is 0 Å². The number of carbonyl (C=O) groups is 1. The molecule has 0 spiro atoms. The van der Waals surface area contributed by atoms with Gasteiger partial charge in [-0.25, -0.2) is 0 Å². The Balaban J connectivity index is 1.80. The average Bonchev–Trinajstić information content (AvgIpc) is 2.81. The van der Waals surface area contributed by atoms with Crippen molar-refractivity contribution in [1.29, 1.82) is 5.26 Å². The highest BCUT2D eigenvalue weighted by Crippen LogP contribution is 2.28. The Kier molecular flexibility index (Phi) is 7.01. The SMILES string of the molecule is COc1ccc(CCN(Cc2ccncc2)C(=O)c2ccc(C#N)cc2)cc1OC. The molecule has 0 fully saturated rings. The van der Waals surface area contributed by atoms with E-state index in [0.717, 1.165) is 11.1 Å². The van der Waals surface area contributed by atoms with Crippen molar-refractivity contribution < 1.29 is 14.3 Å². The van der Waals surface area contributed by atoms with Crippen LogP contribution in [0.25, 0.3) is 0 Å². The quantitative estimate of drug-likeness (QED) is 0.573. The smallest absolute Gasteiger partial charge is 0.254 e. The molecule has 3 rings (SSSR count). The fraction of sp³-hybridized carbons (Fsp3) is 0.208. The summed E-state index contributed by atoms with van der Waals surface area (Å²) in [7, 11) is 3.20. The van der Waals surface area contributed by atoms with Crippen LogP contribution in [-0.4, -0.2) is 36.6 Å². The van der Waals surface area contributed by atoms with Gasteiger partial charge in [0.1, 0.15) is 0 Å². The molecular formula is C24H23N3O3. The maximum atomic E-state index is 13.2. The number of hydrogen-bond acceptors (Lipinski definition) is 5. The van der Waals surface area contributed by atoms with Gasteiger partial charge in [-0.1, -0.05) is 6.07 Å². The van der Waals surface area contributed by atoms with Gasteiger partial charge in [0.25, 0.3) is 5.91 Å². The second-order valence-electron chi connectivity index (χ2n) is 6.71. The van der Waals surface area contributed by atoms with Gasteiger partial charge < -0.3 is 14.4 Å². The van der Waals surface area contributed by atoms with E-state index < -0.39 is 0 Å². The van der Waals surface area contributed by atoms with Crippen molar-refractivity contribution in [1.82, 2.24) is 9.88 Å². The summed E-state index contributed by atoms with van der Waals surface area (Å²) in [5.41, 5.74) is 3.12. The Morgan fingerprint density at radius 3 is 2.30 bits per heavy atom. The highest BCUT2D eigenvalue weighted by Gasteiger charge is 2.17. The summed E-state index contributed by atoms with van der Waals surface area (Å²) in [5, 5.41) is 8.99. The van der Waals surface area contributed by atoms with Crippen molar-refractivity contribution in [2.45, 2.75) is 13.0 Å². The minimum Gasteiger partial charge on any atom is -0.493 e. The minimum atomic E-state index is -0.0863. The van der Waals surface area contributed by atoms with Crippen LogP contribution in [0.1, 0.15) is 27.0 Å². The van der Waals surface area contributed by atoms with Crippen LogP contribution >= 0.6 is 0 Å². The molecule has 0 aliphatic carbocycles. The van der Waals surface area contributed by atoms with E-state index in [1.807, 2.05) is 30.3 Å². The predicted molar refractivity (Wildman–Crippen MR) is 113 cm³/mol. The van der Waals surface area contributed by atoms with Gasteiger partial charge in [0.05, 0.1) is 25.9 Å². The summed E-state index contributed by atoms with van der Waals surface area (Å²) < 4.78 is 10.7. The van der Waals surface area contributed by atoms with E-state index >= 15 is 0 Å². The van der Waals surface area contributed by atoms with E-state index in [0.29, 0.717) is 42.1 Å². The fourth-order valence-electron chi connectivity index (χ4n) is 3.13. The van der Waals surface area contributed by atoms with E-state index in [4.69, 9.17) is 14.7 Å². The third-order valence-electron chi connectivity index (χ3n) is 4.79. The maximum absolute atomic E-state index is 13.2. The van der Waals surface area contributed by atoms with Crippen LogP contribution in [-0.2, 0) is 13.0 Å². The van der Waals surface area contributed by atoms with Gasteiger partial charge in [-0.2, -0.15) is 5.26 Å². The van der Waals surface area contributed by atoms with Crippen LogP contribution < -0.4 is 9.47 Å². The van der Waals surface area contributed by atoms with E-state index in [1.54, 1.807) is 55.8 Å². The first-order chi connectivity index (χ1) is 14.6. The molecule has 6 heteroatoms. The number of hydrogen-bond donors (Lipinski definition) is 0. The summed E-state index contributed by atoms with van der Waals surface area (Å²) in [6.45, 7) is 0.991. The number of ether oxygens (including phenoxy) is 2. The monoisotopic (exact) mass is 401 g/mol. The third-order valence-corrected chi connectivity index (χ3v) is 4.79. The first kappa shape index (κ1) is 20.9. The largest absolute Gasteiger partial charge is 0.493 e. The Hall–Kier alpha value is -3.85. The first-order valence-electron chi connectivity index (χ1n) is 9.54. The molecule has 0 radical (unpaired) electrons. The van der Waals surface area contributed by atoms with Gasteiger partial charge in [0, 0.05) is 31.0 Å². The Morgan fingerprint density at radius 1 is 0.967 bits per heavy atom. The van der Waals surface area contributed by atoms with Crippen LogP contribution in [0.5, 0.6) is 11.5 Å². The summed E-state index contributed by atoms with van der Waals surface area (Å²) >= 11 is 0. The molecule has 152 valence electrons. The van der Waals surface area contributed by atoms with Gasteiger partial charge in [0.2, 0.25) is 0 Å². The van der Waals surface area contributed by atoms with Crippen LogP contribution in [0, 0.1) is 11.3 Å². The number of nitrogens with zero attached hydrogens (tertiary/aromatic N) is 3. The normalized spacial score (nSPS) is 10.2. The molecule has 2 aromatic carbocycles. The highest BCUT2D eigenvalue weighted by atomic mass is 16.5. The molecule has 0 N–H and O–H groups in total. The second-order valence-corrected chi connectivity index (χ2v) is 6.71. The van der Waals surface area contributed by atoms with E-state index in [-0.39, 0.29) is 5.91 Å². The van der Waals surface area contributed by atoms with Crippen LogP contribution in [0.15, 0.2) is 67.0 Å². The summed E-state index contributed by atoms with van der Waals surface area (Å²) in [6.07, 6.45) is 4.09. The summed E-state index contributed by atoms with van der Waals surface area (Å²) in [5.74, 6) is 1.24. The number of methoxy groups -OCH3 is 2. The van der Waals surface area contributed by atoms with E-state index in [1.165, 1.54) is 0 Å². The lowest BCUT2D eigenvalue weighted by Crippen LogP contribution is -2.32. The first-order valence-corrected chi connectivity index (χ1v) is 9.54. The fourth-order valence-corrected chi connectivity index (χ4v) is 3.13. The van der Waals surface area contributed by atoms with Crippen LogP contribution in [0.4, 0.5) is 0 Å². The second kappa shape index (κ2) is 10.1. The van der Waals surface area contributed by atoms with Gasteiger partial charge in [-0.05, 0) is 66.1 Å². The molecule has 1 heterocycles. The number of aromatic nitrogens is 1. The summed E-state index contributed by atoms with van der Waals surface area (Å²) in [6, 6.07) is 18.3. The number of benzene rings is 2. The third kappa shape index (κ3) is 5.15.